The Balaban J connectivity index is 1.95. The summed E-state index contributed by atoms with van der Waals surface area (Å²) in [4.78, 5) is 37.6. The van der Waals surface area contributed by atoms with Gasteiger partial charge < -0.3 is 21.3 Å². The number of alkyl halides is 3. The monoisotopic (exact) mass is 520 g/mol. The summed E-state index contributed by atoms with van der Waals surface area (Å²) in [7, 11) is 0. The molecule has 0 aromatic heterocycles. The molecule has 4 N–H and O–H groups in total. The summed E-state index contributed by atoms with van der Waals surface area (Å²) >= 11 is 0. The summed E-state index contributed by atoms with van der Waals surface area (Å²) in [5.74, 6) is -1.84. The minimum Gasteiger partial charge on any atom is -0.350 e. The molecule has 2 aromatic rings. The Morgan fingerprint density at radius 3 is 2.30 bits per heavy atom. The lowest BCUT2D eigenvalue weighted by Gasteiger charge is -2.25. The van der Waals surface area contributed by atoms with Crippen LogP contribution in [0.2, 0.25) is 0 Å². The zero-order valence-corrected chi connectivity index (χ0v) is 21.8. The number of amides is 3. The number of carbonyl (C=O) groups excluding carboxylic acids is 3. The van der Waals surface area contributed by atoms with Gasteiger partial charge in [0.05, 0.1) is 12.1 Å². The first-order valence-corrected chi connectivity index (χ1v) is 12.0. The molecule has 0 bridgehead atoms. The van der Waals surface area contributed by atoms with E-state index in [9.17, 15) is 27.6 Å². The van der Waals surface area contributed by atoms with E-state index in [0.29, 0.717) is 25.6 Å². The van der Waals surface area contributed by atoms with Crippen molar-refractivity contribution in [2.45, 2.75) is 65.3 Å². The summed E-state index contributed by atoms with van der Waals surface area (Å²) in [6.45, 7) is 10.0. The first kappa shape index (κ1) is 29.8. The molecule has 0 aliphatic rings. The molecule has 0 heterocycles. The third-order valence-electron chi connectivity index (χ3n) is 5.43. The van der Waals surface area contributed by atoms with Gasteiger partial charge in [0.2, 0.25) is 11.8 Å². The van der Waals surface area contributed by atoms with Crippen molar-refractivity contribution in [2.24, 2.45) is 0 Å². The number of hydrogen-bond acceptors (Lipinski definition) is 4. The summed E-state index contributed by atoms with van der Waals surface area (Å²) in [6, 6.07) is 9.20. The fourth-order valence-corrected chi connectivity index (χ4v) is 3.58. The third-order valence-corrected chi connectivity index (χ3v) is 5.43. The van der Waals surface area contributed by atoms with Crippen LogP contribution in [0.5, 0.6) is 0 Å². The molecule has 1 atom stereocenters. The first-order valence-electron chi connectivity index (χ1n) is 12.0. The van der Waals surface area contributed by atoms with Gasteiger partial charge in [-0.05, 0) is 76.9 Å². The molecule has 0 unspecified atom stereocenters. The molecular formula is C27H35F3N4O3. The second kappa shape index (κ2) is 12.7. The lowest BCUT2D eigenvalue weighted by Crippen LogP contribution is -2.54. The van der Waals surface area contributed by atoms with Crippen LogP contribution in [0.3, 0.4) is 0 Å². The van der Waals surface area contributed by atoms with Crippen LogP contribution in [0.4, 0.5) is 13.2 Å². The van der Waals surface area contributed by atoms with Crippen LogP contribution < -0.4 is 21.3 Å². The van der Waals surface area contributed by atoms with Gasteiger partial charge in [0.1, 0.15) is 6.04 Å². The molecule has 3 amide bonds. The molecule has 202 valence electrons. The maximum Gasteiger partial charge on any atom is 0.416 e. The Bertz CT molecular complexity index is 1110. The van der Waals surface area contributed by atoms with Gasteiger partial charge in [-0.3, -0.25) is 14.4 Å². The highest BCUT2D eigenvalue weighted by Gasteiger charge is 2.31. The van der Waals surface area contributed by atoms with Gasteiger partial charge in [-0.25, -0.2) is 0 Å². The summed E-state index contributed by atoms with van der Waals surface area (Å²) < 4.78 is 38.7. The summed E-state index contributed by atoms with van der Waals surface area (Å²) in [5, 5.41) is 11.0. The van der Waals surface area contributed by atoms with Crippen LogP contribution >= 0.6 is 0 Å². The lowest BCUT2D eigenvalue weighted by atomic mass is 10.1. The van der Waals surface area contributed by atoms with E-state index in [1.807, 2.05) is 46.8 Å². The molecule has 0 aliphatic carbocycles. The first-order chi connectivity index (χ1) is 17.2. The van der Waals surface area contributed by atoms with Crippen molar-refractivity contribution in [1.29, 1.82) is 0 Å². The van der Waals surface area contributed by atoms with Crippen LogP contribution in [0, 0.1) is 13.8 Å². The van der Waals surface area contributed by atoms with Crippen LogP contribution in [0.15, 0.2) is 42.5 Å². The van der Waals surface area contributed by atoms with Gasteiger partial charge in [-0.15, -0.1) is 0 Å². The van der Waals surface area contributed by atoms with Crippen molar-refractivity contribution in [3.8, 4) is 0 Å². The van der Waals surface area contributed by atoms with Crippen LogP contribution in [-0.4, -0.2) is 42.4 Å². The Morgan fingerprint density at radius 2 is 1.68 bits per heavy atom. The highest BCUT2D eigenvalue weighted by molar-refractivity contribution is 5.97. The molecule has 0 radical (unpaired) electrons. The quantitative estimate of drug-likeness (QED) is 0.360. The molecule has 0 fully saturated rings. The molecule has 7 nitrogen and oxygen atoms in total. The largest absolute Gasteiger partial charge is 0.416 e. The zero-order valence-electron chi connectivity index (χ0n) is 21.8. The van der Waals surface area contributed by atoms with Crippen molar-refractivity contribution < 1.29 is 27.6 Å². The molecule has 0 aliphatic heterocycles. The van der Waals surface area contributed by atoms with E-state index in [1.165, 1.54) is 11.6 Å². The maximum atomic E-state index is 12.9. The van der Waals surface area contributed by atoms with Crippen LogP contribution in [0.1, 0.15) is 59.8 Å². The summed E-state index contributed by atoms with van der Waals surface area (Å²) in [6.07, 6.45) is -4.30. The van der Waals surface area contributed by atoms with E-state index in [4.69, 9.17) is 0 Å². The van der Waals surface area contributed by atoms with Gasteiger partial charge in [0, 0.05) is 17.6 Å². The average molecular weight is 521 g/mol. The average Bonchev–Trinajstić information content (AvgIpc) is 2.79. The lowest BCUT2D eigenvalue weighted by molar-refractivity contribution is -0.137. The SMILES string of the molecule is Cc1ccc(CNCC[C@H](NC(=O)CNC(=O)c2cccc(C(F)(F)F)c2)C(=O)NC(C)(C)C)c(C)c1. The number of nitrogens with one attached hydrogen (secondary N) is 4. The second-order valence-corrected chi connectivity index (χ2v) is 10.0. The van der Waals surface area contributed by atoms with Gasteiger partial charge in [-0.2, -0.15) is 13.2 Å². The summed E-state index contributed by atoms with van der Waals surface area (Å²) in [5.41, 5.74) is 1.74. The normalized spacial score (nSPS) is 12.5. The molecule has 2 rings (SSSR count). The minimum absolute atomic E-state index is 0.222. The highest BCUT2D eigenvalue weighted by atomic mass is 19.4. The minimum atomic E-state index is -4.59. The molecule has 0 saturated heterocycles. The van der Waals surface area contributed by atoms with Crippen molar-refractivity contribution in [2.75, 3.05) is 13.1 Å². The fourth-order valence-electron chi connectivity index (χ4n) is 3.58. The molecule has 10 heteroatoms. The Labute approximate surface area is 215 Å². The van der Waals surface area contributed by atoms with E-state index < -0.39 is 41.7 Å². The third kappa shape index (κ3) is 10.2. The van der Waals surface area contributed by atoms with Gasteiger partial charge >= 0.3 is 6.18 Å². The van der Waals surface area contributed by atoms with E-state index in [0.717, 1.165) is 23.3 Å². The number of halogens is 3. The highest BCUT2D eigenvalue weighted by Crippen LogP contribution is 2.29. The molecule has 0 spiro atoms. The Kier molecular flexibility index (Phi) is 10.2. The molecule has 2 aromatic carbocycles. The second-order valence-electron chi connectivity index (χ2n) is 10.0. The van der Waals surface area contributed by atoms with Gasteiger partial charge in [0.15, 0.2) is 0 Å². The van der Waals surface area contributed by atoms with E-state index in [2.05, 4.69) is 27.3 Å². The molecule has 37 heavy (non-hydrogen) atoms. The molecule has 0 saturated carbocycles. The van der Waals surface area contributed by atoms with E-state index in [-0.39, 0.29) is 11.5 Å². The number of hydrogen-bond donors (Lipinski definition) is 4. The molecular weight excluding hydrogens is 485 g/mol. The van der Waals surface area contributed by atoms with Gasteiger partial charge in [0.25, 0.3) is 5.91 Å². The Hall–Kier alpha value is -3.40. The van der Waals surface area contributed by atoms with Crippen LogP contribution in [0.25, 0.3) is 0 Å². The number of rotatable bonds is 10. The number of benzene rings is 2. The zero-order chi connectivity index (χ0) is 27.8. The standard InChI is InChI=1S/C27H35F3N4O3/c1-17-9-10-20(18(2)13-17)15-31-12-11-22(25(37)34-26(3,4)5)33-23(35)16-32-24(36)19-7-6-8-21(14-19)27(28,29)30/h6-10,13-14,22,31H,11-12,15-16H2,1-5H3,(H,32,36)(H,33,35)(H,34,37)/t22-/m0/s1. The van der Waals surface area contributed by atoms with E-state index in [1.54, 1.807) is 0 Å². The van der Waals surface area contributed by atoms with Crippen molar-refractivity contribution in [1.82, 2.24) is 21.3 Å². The maximum absolute atomic E-state index is 12.9. The van der Waals surface area contributed by atoms with E-state index >= 15 is 0 Å². The fraction of sp³-hybridized carbons (Fsp3) is 0.444. The predicted molar refractivity (Wildman–Crippen MR) is 136 cm³/mol. The predicted octanol–water partition coefficient (Wildman–Crippen LogP) is 3.63. The number of aryl methyl sites for hydroxylation is 2. The van der Waals surface area contributed by atoms with Crippen molar-refractivity contribution in [3.63, 3.8) is 0 Å². The van der Waals surface area contributed by atoms with Gasteiger partial charge in [-0.1, -0.05) is 29.8 Å². The Morgan fingerprint density at radius 1 is 0.973 bits per heavy atom. The smallest absolute Gasteiger partial charge is 0.350 e. The van der Waals surface area contributed by atoms with Crippen molar-refractivity contribution in [3.05, 3.63) is 70.3 Å². The van der Waals surface area contributed by atoms with Crippen molar-refractivity contribution >= 4 is 17.7 Å². The topological polar surface area (TPSA) is 99.3 Å². The van der Waals surface area contributed by atoms with Crippen LogP contribution in [-0.2, 0) is 22.3 Å². The number of carbonyl (C=O) groups is 3.